The second-order valence-electron chi connectivity index (χ2n) is 4.97. The van der Waals surface area contributed by atoms with E-state index >= 15 is 0 Å². The third-order valence-corrected chi connectivity index (χ3v) is 4.29. The average Bonchev–Trinajstić information content (AvgIpc) is 3.25. The van der Waals surface area contributed by atoms with Gasteiger partial charge in [-0.25, -0.2) is 0 Å². The molecule has 0 bridgehead atoms. The molecule has 0 amide bonds. The molecule has 1 aromatic heterocycles. The Kier molecular flexibility index (Phi) is 4.58. The van der Waals surface area contributed by atoms with Crippen molar-refractivity contribution >= 4 is 11.8 Å². The van der Waals surface area contributed by atoms with Gasteiger partial charge in [0.25, 0.3) is 0 Å². The molecule has 0 unspecified atom stereocenters. The third-order valence-electron chi connectivity index (χ3n) is 3.28. The maximum absolute atomic E-state index is 12.2. The van der Waals surface area contributed by atoms with Crippen LogP contribution in [0.2, 0.25) is 0 Å². The van der Waals surface area contributed by atoms with Crippen LogP contribution < -0.4 is 4.74 Å². The Morgan fingerprint density at radius 1 is 1.36 bits per heavy atom. The first-order chi connectivity index (χ1) is 10.7. The molecule has 0 spiro atoms. The third kappa shape index (κ3) is 3.56. The van der Waals surface area contributed by atoms with Crippen molar-refractivity contribution in [1.82, 2.24) is 14.8 Å². The molecule has 8 heteroatoms. The number of hydrogen-bond acceptors (Lipinski definition) is 5. The molecule has 0 aliphatic heterocycles. The zero-order valence-corrected chi connectivity index (χ0v) is 12.5. The Morgan fingerprint density at radius 2 is 2.18 bits per heavy atom. The molecule has 1 N–H and O–H groups in total. The predicted octanol–water partition coefficient (Wildman–Crippen LogP) is 3.00. The quantitative estimate of drug-likeness (QED) is 0.792. The monoisotopic (exact) mass is 327 g/mol. The SMILES string of the molecule is OCc1nnc(SCc2cccc(OC(F)F)c2)n1C1CC1. The fourth-order valence-electron chi connectivity index (χ4n) is 2.17. The molecule has 1 aromatic carbocycles. The van der Waals surface area contributed by atoms with E-state index in [4.69, 9.17) is 0 Å². The van der Waals surface area contributed by atoms with Gasteiger partial charge in [-0.15, -0.1) is 10.2 Å². The highest BCUT2D eigenvalue weighted by molar-refractivity contribution is 7.98. The summed E-state index contributed by atoms with van der Waals surface area (Å²) in [6.45, 7) is -2.96. The van der Waals surface area contributed by atoms with Crippen LogP contribution in [-0.4, -0.2) is 26.5 Å². The summed E-state index contributed by atoms with van der Waals surface area (Å²) < 4.78 is 30.8. The van der Waals surface area contributed by atoms with Crippen molar-refractivity contribution in [2.45, 2.75) is 43.0 Å². The summed E-state index contributed by atoms with van der Waals surface area (Å²) in [5.41, 5.74) is 0.860. The van der Waals surface area contributed by atoms with Gasteiger partial charge < -0.3 is 14.4 Å². The van der Waals surface area contributed by atoms with E-state index in [1.165, 1.54) is 17.8 Å². The summed E-state index contributed by atoms with van der Waals surface area (Å²) in [6.07, 6.45) is 2.13. The van der Waals surface area contributed by atoms with Crippen molar-refractivity contribution in [3.63, 3.8) is 0 Å². The van der Waals surface area contributed by atoms with Gasteiger partial charge in [0, 0.05) is 11.8 Å². The van der Waals surface area contributed by atoms with Gasteiger partial charge in [-0.2, -0.15) is 8.78 Å². The number of thioether (sulfide) groups is 1. The van der Waals surface area contributed by atoms with E-state index in [2.05, 4.69) is 14.9 Å². The zero-order valence-electron chi connectivity index (χ0n) is 11.7. The molecular weight excluding hydrogens is 312 g/mol. The van der Waals surface area contributed by atoms with Crippen LogP contribution in [-0.2, 0) is 12.4 Å². The zero-order chi connectivity index (χ0) is 15.5. The lowest BCUT2D eigenvalue weighted by Gasteiger charge is -2.08. The topological polar surface area (TPSA) is 60.2 Å². The molecule has 0 atom stereocenters. The first-order valence-corrected chi connectivity index (χ1v) is 7.87. The number of hydrogen-bond donors (Lipinski definition) is 1. The lowest BCUT2D eigenvalue weighted by Crippen LogP contribution is -2.03. The Labute approximate surface area is 130 Å². The number of ether oxygens (including phenoxy) is 1. The first kappa shape index (κ1) is 15.2. The van der Waals surface area contributed by atoms with Crippen LogP contribution in [0.4, 0.5) is 8.78 Å². The smallest absolute Gasteiger partial charge is 0.387 e. The van der Waals surface area contributed by atoms with Gasteiger partial charge in [-0.3, -0.25) is 0 Å². The summed E-state index contributed by atoms with van der Waals surface area (Å²) >= 11 is 1.47. The second-order valence-corrected chi connectivity index (χ2v) is 5.92. The van der Waals surface area contributed by atoms with Gasteiger partial charge in [0.05, 0.1) is 0 Å². The van der Waals surface area contributed by atoms with E-state index in [1.54, 1.807) is 12.1 Å². The highest BCUT2D eigenvalue weighted by atomic mass is 32.2. The van der Waals surface area contributed by atoms with Gasteiger partial charge in [0.2, 0.25) is 0 Å². The molecule has 118 valence electrons. The van der Waals surface area contributed by atoms with Crippen LogP contribution in [0.15, 0.2) is 29.4 Å². The van der Waals surface area contributed by atoms with Crippen molar-refractivity contribution in [1.29, 1.82) is 0 Å². The summed E-state index contributed by atoms with van der Waals surface area (Å²) in [5.74, 6) is 1.28. The maximum atomic E-state index is 12.2. The highest BCUT2D eigenvalue weighted by Crippen LogP contribution is 2.39. The molecule has 1 fully saturated rings. The van der Waals surface area contributed by atoms with Gasteiger partial charge in [0.15, 0.2) is 11.0 Å². The Hall–Kier alpha value is -1.67. The fraction of sp³-hybridized carbons (Fsp3) is 0.429. The molecule has 0 radical (unpaired) electrons. The Bertz CT molecular complexity index is 647. The average molecular weight is 327 g/mol. The van der Waals surface area contributed by atoms with Crippen LogP contribution in [0.25, 0.3) is 0 Å². The number of nitrogens with zero attached hydrogens (tertiary/aromatic N) is 3. The normalized spacial score (nSPS) is 14.5. The van der Waals surface area contributed by atoms with E-state index in [-0.39, 0.29) is 12.4 Å². The molecule has 3 rings (SSSR count). The minimum Gasteiger partial charge on any atom is -0.435 e. The van der Waals surface area contributed by atoms with Crippen molar-refractivity contribution in [3.05, 3.63) is 35.7 Å². The standard InChI is InChI=1S/C14H15F2N3O2S/c15-13(16)21-11-3-1-2-9(6-11)8-22-14-18-17-12(7-20)19(14)10-4-5-10/h1-3,6,10,13,20H,4-5,7-8H2. The minimum atomic E-state index is -2.83. The molecule has 1 heterocycles. The summed E-state index contributed by atoms with van der Waals surface area (Å²) in [4.78, 5) is 0. The molecule has 22 heavy (non-hydrogen) atoms. The fourth-order valence-corrected chi connectivity index (χ4v) is 3.14. The largest absolute Gasteiger partial charge is 0.435 e. The van der Waals surface area contributed by atoms with Crippen molar-refractivity contribution in [2.24, 2.45) is 0 Å². The van der Waals surface area contributed by atoms with Crippen molar-refractivity contribution < 1.29 is 18.6 Å². The molecular formula is C14H15F2N3O2S. The van der Waals surface area contributed by atoms with E-state index < -0.39 is 6.61 Å². The molecule has 2 aromatic rings. The number of rotatable bonds is 7. The van der Waals surface area contributed by atoms with Crippen LogP contribution in [0.1, 0.15) is 30.3 Å². The predicted molar refractivity (Wildman–Crippen MR) is 76.9 cm³/mol. The van der Waals surface area contributed by atoms with Crippen molar-refractivity contribution in [2.75, 3.05) is 0 Å². The molecule has 0 saturated heterocycles. The van der Waals surface area contributed by atoms with Gasteiger partial charge in [-0.1, -0.05) is 23.9 Å². The number of halogens is 2. The molecule has 5 nitrogen and oxygen atoms in total. The Morgan fingerprint density at radius 3 is 2.86 bits per heavy atom. The number of aromatic nitrogens is 3. The van der Waals surface area contributed by atoms with E-state index in [1.807, 2.05) is 10.6 Å². The van der Waals surface area contributed by atoms with Gasteiger partial charge >= 0.3 is 6.61 Å². The van der Waals surface area contributed by atoms with Gasteiger partial charge in [-0.05, 0) is 30.5 Å². The summed E-state index contributed by atoms with van der Waals surface area (Å²) in [7, 11) is 0. The van der Waals surface area contributed by atoms with E-state index in [9.17, 15) is 13.9 Å². The molecule has 1 saturated carbocycles. The van der Waals surface area contributed by atoms with Crippen LogP contribution >= 0.6 is 11.8 Å². The van der Waals surface area contributed by atoms with Crippen molar-refractivity contribution in [3.8, 4) is 5.75 Å². The minimum absolute atomic E-state index is 0.137. The molecule has 1 aliphatic rings. The summed E-state index contributed by atoms with van der Waals surface area (Å²) in [5, 5.41) is 18.1. The lowest BCUT2D eigenvalue weighted by atomic mass is 10.2. The number of aliphatic hydroxyl groups is 1. The van der Waals surface area contributed by atoms with Crippen LogP contribution in [0, 0.1) is 0 Å². The van der Waals surface area contributed by atoms with E-state index in [0.29, 0.717) is 17.6 Å². The lowest BCUT2D eigenvalue weighted by molar-refractivity contribution is -0.0498. The van der Waals surface area contributed by atoms with Crippen LogP contribution in [0.3, 0.4) is 0 Å². The van der Waals surface area contributed by atoms with Crippen LogP contribution in [0.5, 0.6) is 5.75 Å². The van der Waals surface area contributed by atoms with E-state index in [0.717, 1.165) is 23.6 Å². The number of benzene rings is 1. The highest BCUT2D eigenvalue weighted by Gasteiger charge is 2.29. The Balaban J connectivity index is 1.69. The number of aliphatic hydroxyl groups excluding tert-OH is 1. The maximum Gasteiger partial charge on any atom is 0.387 e. The molecule has 1 aliphatic carbocycles. The second kappa shape index (κ2) is 6.62. The first-order valence-electron chi connectivity index (χ1n) is 6.88. The van der Waals surface area contributed by atoms with Gasteiger partial charge in [0.1, 0.15) is 12.4 Å². The number of alkyl halides is 2. The summed E-state index contributed by atoms with van der Waals surface area (Å²) in [6, 6.07) is 6.98.